The highest BCUT2D eigenvalue weighted by Crippen LogP contribution is 2.16. The summed E-state index contributed by atoms with van der Waals surface area (Å²) < 4.78 is 22.4. The van der Waals surface area contributed by atoms with Crippen LogP contribution >= 0.6 is 11.6 Å². The number of carbonyl (C=O) groups excluding carboxylic acids is 2. The lowest BCUT2D eigenvalue weighted by Gasteiger charge is -2.08. The Morgan fingerprint density at radius 1 is 1.04 bits per heavy atom. The molecule has 0 aliphatic heterocycles. The second kappa shape index (κ2) is 7.60. The Morgan fingerprint density at radius 2 is 1.60 bits per heavy atom. The van der Waals surface area contributed by atoms with Gasteiger partial charge in [0.25, 0.3) is 5.91 Å². The number of sulfonamides is 1. The summed E-state index contributed by atoms with van der Waals surface area (Å²) >= 11 is 5.81. The van der Waals surface area contributed by atoms with Gasteiger partial charge in [0.1, 0.15) is 0 Å². The van der Waals surface area contributed by atoms with Crippen molar-refractivity contribution >= 4 is 45.1 Å². The van der Waals surface area contributed by atoms with Crippen molar-refractivity contribution in [1.29, 1.82) is 0 Å². The van der Waals surface area contributed by atoms with Crippen molar-refractivity contribution in [2.24, 2.45) is 5.14 Å². The number of ketones is 1. The molecule has 130 valence electrons. The van der Waals surface area contributed by atoms with Crippen LogP contribution in [0.15, 0.2) is 59.0 Å². The highest BCUT2D eigenvalue weighted by Gasteiger charge is 2.15. The zero-order chi connectivity index (χ0) is 18.6. The van der Waals surface area contributed by atoms with E-state index < -0.39 is 21.7 Å². The lowest BCUT2D eigenvalue weighted by atomic mass is 10.1. The number of halogens is 1. The maximum atomic E-state index is 12.3. The van der Waals surface area contributed by atoms with E-state index in [-0.39, 0.29) is 10.5 Å². The van der Waals surface area contributed by atoms with E-state index in [2.05, 4.69) is 5.32 Å². The van der Waals surface area contributed by atoms with E-state index in [4.69, 9.17) is 16.7 Å². The molecule has 0 saturated heterocycles. The summed E-state index contributed by atoms with van der Waals surface area (Å²) in [6.45, 7) is 1.28. The number of hydrogen-bond donors (Lipinski definition) is 2. The predicted molar refractivity (Wildman–Crippen MR) is 96.6 cm³/mol. The molecule has 0 fully saturated rings. The molecule has 2 aromatic rings. The number of carbonyl (C=O) groups is 2. The molecule has 0 radical (unpaired) electrons. The largest absolute Gasteiger partial charge is 0.322 e. The van der Waals surface area contributed by atoms with Gasteiger partial charge in [-0.3, -0.25) is 9.59 Å². The molecule has 8 heteroatoms. The Balaban J connectivity index is 2.23. The molecule has 0 bridgehead atoms. The van der Waals surface area contributed by atoms with Gasteiger partial charge in [-0.05, 0) is 55.0 Å². The summed E-state index contributed by atoms with van der Waals surface area (Å²) in [5.74, 6) is -1.01. The summed E-state index contributed by atoms with van der Waals surface area (Å²) in [5, 5.41) is 8.10. The van der Waals surface area contributed by atoms with E-state index in [1.54, 1.807) is 24.3 Å². The van der Waals surface area contributed by atoms with Gasteiger partial charge in [-0.2, -0.15) is 0 Å². The van der Waals surface area contributed by atoms with Gasteiger partial charge in [-0.25, -0.2) is 13.6 Å². The van der Waals surface area contributed by atoms with Crippen molar-refractivity contribution < 1.29 is 18.0 Å². The smallest absolute Gasteiger partial charge is 0.259 e. The molecule has 0 atom stereocenters. The van der Waals surface area contributed by atoms with E-state index in [0.717, 1.165) is 0 Å². The molecule has 1 amide bonds. The van der Waals surface area contributed by atoms with Gasteiger partial charge in [-0.15, -0.1) is 0 Å². The fraction of sp³-hybridized carbons (Fsp3) is 0.0588. The highest BCUT2D eigenvalue weighted by molar-refractivity contribution is 7.89. The monoisotopic (exact) mass is 378 g/mol. The Labute approximate surface area is 150 Å². The number of hydrogen-bond acceptors (Lipinski definition) is 4. The summed E-state index contributed by atoms with van der Waals surface area (Å²) in [7, 11) is -3.81. The summed E-state index contributed by atoms with van der Waals surface area (Å²) in [4.78, 5) is 24.0. The molecule has 6 nitrogen and oxygen atoms in total. The molecule has 3 N–H and O–H groups in total. The first-order valence-corrected chi connectivity index (χ1v) is 9.01. The van der Waals surface area contributed by atoms with Gasteiger partial charge in [0, 0.05) is 10.7 Å². The van der Waals surface area contributed by atoms with Crippen LogP contribution in [-0.4, -0.2) is 20.1 Å². The Bertz CT molecular complexity index is 934. The number of rotatable bonds is 5. The quantitative estimate of drug-likeness (QED) is 0.473. The minimum absolute atomic E-state index is 0.0437. The minimum Gasteiger partial charge on any atom is -0.322 e. The fourth-order valence-corrected chi connectivity index (χ4v) is 2.62. The second-order valence-electron chi connectivity index (χ2n) is 5.19. The SMILES string of the molecule is CC(=O)/C(=C\c1ccc(Cl)cc1)C(=O)Nc1ccc(S(N)(=O)=O)cc1. The Hall–Kier alpha value is -2.48. The molecule has 0 saturated carbocycles. The summed E-state index contributed by atoms with van der Waals surface area (Å²) in [6, 6.07) is 12.0. The third-order valence-electron chi connectivity index (χ3n) is 3.25. The van der Waals surface area contributed by atoms with Crippen LogP contribution in [0.2, 0.25) is 5.02 Å². The van der Waals surface area contributed by atoms with Crippen molar-refractivity contribution in [3.8, 4) is 0 Å². The van der Waals surface area contributed by atoms with Crippen molar-refractivity contribution in [1.82, 2.24) is 0 Å². The molecule has 0 aliphatic carbocycles. The van der Waals surface area contributed by atoms with Crippen molar-refractivity contribution in [2.45, 2.75) is 11.8 Å². The maximum Gasteiger partial charge on any atom is 0.259 e. The Kier molecular flexibility index (Phi) is 5.73. The molecule has 0 aliphatic rings. The molecule has 0 spiro atoms. The van der Waals surface area contributed by atoms with Crippen LogP contribution in [0.25, 0.3) is 6.08 Å². The van der Waals surface area contributed by atoms with Gasteiger partial charge in [0.2, 0.25) is 10.0 Å². The first-order chi connectivity index (χ1) is 11.7. The molecule has 0 heterocycles. The average molecular weight is 379 g/mol. The van der Waals surface area contributed by atoms with E-state index in [0.29, 0.717) is 16.3 Å². The van der Waals surface area contributed by atoms with Gasteiger partial charge in [0.15, 0.2) is 5.78 Å². The molecule has 0 aromatic heterocycles. The summed E-state index contributed by atoms with van der Waals surface area (Å²) in [5.41, 5.74) is 0.938. The zero-order valence-corrected chi connectivity index (χ0v) is 14.8. The molecule has 0 unspecified atom stereocenters. The standard InChI is InChI=1S/C17H15ClN2O4S/c1-11(21)16(10-12-2-4-13(18)5-3-12)17(22)20-14-6-8-15(9-7-14)25(19,23)24/h2-10H,1H3,(H,20,22)(H2,19,23,24)/b16-10+. The number of amides is 1. The van der Waals surface area contributed by atoms with E-state index >= 15 is 0 Å². The van der Waals surface area contributed by atoms with Crippen LogP contribution in [0.5, 0.6) is 0 Å². The van der Waals surface area contributed by atoms with Crippen LogP contribution in [0.1, 0.15) is 12.5 Å². The second-order valence-corrected chi connectivity index (χ2v) is 7.19. The number of benzene rings is 2. The van der Waals surface area contributed by atoms with Crippen molar-refractivity contribution in [3.63, 3.8) is 0 Å². The molecular weight excluding hydrogens is 364 g/mol. The number of primary sulfonamides is 1. The van der Waals surface area contributed by atoms with Gasteiger partial charge >= 0.3 is 0 Å². The highest BCUT2D eigenvalue weighted by atomic mass is 35.5. The fourth-order valence-electron chi connectivity index (χ4n) is 1.98. The van der Waals surface area contributed by atoms with Crippen molar-refractivity contribution in [2.75, 3.05) is 5.32 Å². The zero-order valence-electron chi connectivity index (χ0n) is 13.2. The van der Waals surface area contributed by atoms with Crippen LogP contribution in [0.3, 0.4) is 0 Å². The lowest BCUT2D eigenvalue weighted by molar-refractivity contribution is -0.118. The number of nitrogens with two attached hydrogens (primary N) is 1. The first-order valence-electron chi connectivity index (χ1n) is 7.09. The van der Waals surface area contributed by atoms with Gasteiger partial charge in [0.05, 0.1) is 10.5 Å². The lowest BCUT2D eigenvalue weighted by Crippen LogP contribution is -2.19. The third kappa shape index (κ3) is 5.25. The summed E-state index contributed by atoms with van der Waals surface area (Å²) in [6.07, 6.45) is 1.45. The van der Waals surface area contributed by atoms with Crippen LogP contribution in [0.4, 0.5) is 5.69 Å². The predicted octanol–water partition coefficient (Wildman–Crippen LogP) is 2.60. The van der Waals surface area contributed by atoms with Gasteiger partial charge in [-0.1, -0.05) is 23.7 Å². The molecule has 2 aromatic carbocycles. The average Bonchev–Trinajstić information content (AvgIpc) is 2.53. The number of Topliss-reactive ketones (excluding diaryl/α,β-unsaturated/α-hetero) is 1. The first kappa shape index (κ1) is 18.9. The van der Waals surface area contributed by atoms with E-state index in [1.807, 2.05) is 0 Å². The third-order valence-corrected chi connectivity index (χ3v) is 4.43. The minimum atomic E-state index is -3.81. The van der Waals surface area contributed by atoms with E-state index in [1.165, 1.54) is 37.3 Å². The molecular formula is C17H15ClN2O4S. The normalized spacial score (nSPS) is 11.9. The van der Waals surface area contributed by atoms with Crippen LogP contribution < -0.4 is 10.5 Å². The van der Waals surface area contributed by atoms with Crippen molar-refractivity contribution in [3.05, 3.63) is 64.7 Å². The maximum absolute atomic E-state index is 12.3. The van der Waals surface area contributed by atoms with E-state index in [9.17, 15) is 18.0 Å². The number of anilines is 1. The Morgan fingerprint density at radius 3 is 2.08 bits per heavy atom. The molecule has 25 heavy (non-hydrogen) atoms. The topological polar surface area (TPSA) is 106 Å². The van der Waals surface area contributed by atoms with Crippen LogP contribution in [0, 0.1) is 0 Å². The number of nitrogens with one attached hydrogen (secondary N) is 1. The van der Waals surface area contributed by atoms with Gasteiger partial charge < -0.3 is 5.32 Å². The van der Waals surface area contributed by atoms with Crippen LogP contribution in [-0.2, 0) is 19.6 Å². The molecule has 2 rings (SSSR count).